The van der Waals surface area contributed by atoms with E-state index in [1.165, 1.54) is 5.56 Å². The molecule has 1 aromatic heterocycles. The molecule has 2 aromatic rings. The zero-order valence-corrected chi connectivity index (χ0v) is 10.4. The summed E-state index contributed by atoms with van der Waals surface area (Å²) in [4.78, 5) is 15.2. The third-order valence-corrected chi connectivity index (χ3v) is 3.31. The zero-order chi connectivity index (χ0) is 12.7. The number of carbonyl (C=O) groups is 1. The number of nitrogens with one attached hydrogen (secondary N) is 2. The van der Waals surface area contributed by atoms with Gasteiger partial charge in [0.2, 0.25) is 0 Å². The summed E-state index contributed by atoms with van der Waals surface area (Å²) in [6, 6.07) is 9.79. The normalized spacial score (nSPS) is 15.9. The lowest BCUT2D eigenvalue weighted by Gasteiger charge is -1.96. The fourth-order valence-electron chi connectivity index (χ4n) is 2.21. The quantitative estimate of drug-likeness (QED) is 0.737. The number of fused-ring (bicyclic) bond motifs is 1. The summed E-state index contributed by atoms with van der Waals surface area (Å²) in [5, 5.41) is 2.87. The minimum absolute atomic E-state index is 0.0406. The van der Waals surface area contributed by atoms with E-state index in [0.29, 0.717) is 5.57 Å². The minimum atomic E-state index is -0.0406. The molecule has 18 heavy (non-hydrogen) atoms. The molecular weight excluding hydrogens is 224 g/mol. The lowest BCUT2D eigenvalue weighted by Crippen LogP contribution is -2.03. The van der Waals surface area contributed by atoms with Gasteiger partial charge in [0.05, 0.1) is 5.57 Å². The van der Waals surface area contributed by atoms with Crippen LogP contribution in [0.15, 0.2) is 30.3 Å². The van der Waals surface area contributed by atoms with Crippen molar-refractivity contribution in [3.05, 3.63) is 52.8 Å². The molecule has 0 aliphatic carbocycles. The van der Waals surface area contributed by atoms with Crippen molar-refractivity contribution < 1.29 is 4.79 Å². The molecule has 3 nitrogen and oxygen atoms in total. The van der Waals surface area contributed by atoms with Crippen LogP contribution in [0.1, 0.15) is 22.5 Å². The van der Waals surface area contributed by atoms with Gasteiger partial charge in [-0.25, -0.2) is 0 Å². The van der Waals surface area contributed by atoms with Gasteiger partial charge in [-0.2, -0.15) is 0 Å². The van der Waals surface area contributed by atoms with Gasteiger partial charge in [0, 0.05) is 22.6 Å². The van der Waals surface area contributed by atoms with Crippen molar-refractivity contribution >= 4 is 23.2 Å². The van der Waals surface area contributed by atoms with Crippen LogP contribution in [-0.4, -0.2) is 10.9 Å². The van der Waals surface area contributed by atoms with Crippen molar-refractivity contribution in [1.82, 2.24) is 4.98 Å². The fraction of sp³-hybridized carbons (Fsp3) is 0.133. The number of benzene rings is 1. The van der Waals surface area contributed by atoms with Crippen LogP contribution in [0.5, 0.6) is 0 Å². The summed E-state index contributed by atoms with van der Waals surface area (Å²) >= 11 is 0. The van der Waals surface area contributed by atoms with Gasteiger partial charge in [-0.05, 0) is 37.6 Å². The highest BCUT2D eigenvalue weighted by Gasteiger charge is 2.23. The molecule has 1 aromatic carbocycles. The average molecular weight is 238 g/mol. The summed E-state index contributed by atoms with van der Waals surface area (Å²) in [7, 11) is 0. The van der Waals surface area contributed by atoms with Crippen LogP contribution < -0.4 is 5.32 Å². The predicted octanol–water partition coefficient (Wildman–Crippen LogP) is 3.12. The molecule has 2 N–H and O–H groups in total. The van der Waals surface area contributed by atoms with Gasteiger partial charge >= 0.3 is 0 Å². The first-order chi connectivity index (χ1) is 8.65. The Labute approximate surface area is 106 Å². The molecule has 0 radical (unpaired) electrons. The highest BCUT2D eigenvalue weighted by molar-refractivity contribution is 6.34. The van der Waals surface area contributed by atoms with Gasteiger partial charge in [0.25, 0.3) is 5.91 Å². The van der Waals surface area contributed by atoms with Crippen molar-refractivity contribution in [3.63, 3.8) is 0 Å². The van der Waals surface area contributed by atoms with Crippen molar-refractivity contribution in [1.29, 1.82) is 0 Å². The molecule has 3 rings (SSSR count). The molecule has 0 fully saturated rings. The third-order valence-electron chi connectivity index (χ3n) is 3.31. The van der Waals surface area contributed by atoms with Gasteiger partial charge < -0.3 is 10.3 Å². The van der Waals surface area contributed by atoms with Gasteiger partial charge in [-0.1, -0.05) is 18.2 Å². The molecule has 2 heterocycles. The van der Waals surface area contributed by atoms with Gasteiger partial charge in [-0.15, -0.1) is 0 Å². The van der Waals surface area contributed by atoms with Gasteiger partial charge in [-0.3, -0.25) is 4.79 Å². The Balaban J connectivity index is 2.09. The smallest absolute Gasteiger partial charge is 0.256 e. The highest BCUT2D eigenvalue weighted by atomic mass is 16.2. The average Bonchev–Trinajstić information content (AvgIpc) is 2.82. The predicted molar refractivity (Wildman–Crippen MR) is 73.2 cm³/mol. The van der Waals surface area contributed by atoms with Gasteiger partial charge in [0.1, 0.15) is 0 Å². The zero-order valence-electron chi connectivity index (χ0n) is 10.4. The number of amides is 1. The topological polar surface area (TPSA) is 44.9 Å². The first-order valence-electron chi connectivity index (χ1n) is 5.94. The Morgan fingerprint density at radius 2 is 1.94 bits per heavy atom. The third kappa shape index (κ3) is 1.64. The number of hydrogen-bond donors (Lipinski definition) is 2. The molecule has 0 bridgehead atoms. The molecule has 0 saturated carbocycles. The molecule has 1 aliphatic heterocycles. The maximum Gasteiger partial charge on any atom is 0.256 e. The van der Waals surface area contributed by atoms with Crippen LogP contribution in [-0.2, 0) is 4.79 Å². The van der Waals surface area contributed by atoms with E-state index < -0.39 is 0 Å². The van der Waals surface area contributed by atoms with E-state index in [9.17, 15) is 4.79 Å². The second-order valence-electron chi connectivity index (χ2n) is 4.59. The van der Waals surface area contributed by atoms with Crippen molar-refractivity contribution in [3.8, 4) is 0 Å². The lowest BCUT2D eigenvalue weighted by molar-refractivity contribution is -0.110. The van der Waals surface area contributed by atoms with Crippen molar-refractivity contribution in [2.24, 2.45) is 0 Å². The molecule has 0 unspecified atom stereocenters. The van der Waals surface area contributed by atoms with Crippen LogP contribution in [0.25, 0.3) is 11.6 Å². The minimum Gasteiger partial charge on any atom is -0.359 e. The van der Waals surface area contributed by atoms with Crippen molar-refractivity contribution in [2.45, 2.75) is 13.8 Å². The summed E-state index contributed by atoms with van der Waals surface area (Å²) in [6.07, 6.45) is 1.90. The van der Waals surface area contributed by atoms with Crippen LogP contribution in [0.3, 0.4) is 0 Å². The summed E-state index contributed by atoms with van der Waals surface area (Å²) in [5.74, 6) is -0.0406. The number of aromatic nitrogens is 1. The van der Waals surface area contributed by atoms with E-state index in [1.54, 1.807) is 0 Å². The largest absolute Gasteiger partial charge is 0.359 e. The molecular formula is C15H14N2O. The maximum atomic E-state index is 11.9. The Kier molecular flexibility index (Phi) is 2.33. The molecule has 1 amide bonds. The maximum absolute atomic E-state index is 11.9. The highest BCUT2D eigenvalue weighted by Crippen LogP contribution is 2.32. The Morgan fingerprint density at radius 1 is 1.17 bits per heavy atom. The van der Waals surface area contributed by atoms with Crippen LogP contribution in [0.4, 0.5) is 5.69 Å². The van der Waals surface area contributed by atoms with Crippen LogP contribution >= 0.6 is 0 Å². The SMILES string of the molecule is Cc1cc(/C=C2\C(=O)Nc3ccccc32)[nH]c1C. The van der Waals surface area contributed by atoms with E-state index in [2.05, 4.69) is 23.3 Å². The monoisotopic (exact) mass is 238 g/mol. The molecule has 0 saturated heterocycles. The Hall–Kier alpha value is -2.29. The number of aromatic amines is 1. The Morgan fingerprint density at radius 3 is 2.67 bits per heavy atom. The molecule has 90 valence electrons. The number of H-pyrrole nitrogens is 1. The van der Waals surface area contributed by atoms with E-state index in [-0.39, 0.29) is 5.91 Å². The summed E-state index contributed by atoms with van der Waals surface area (Å²) in [6.45, 7) is 4.08. The number of carbonyl (C=O) groups excluding carboxylic acids is 1. The van der Waals surface area contributed by atoms with Crippen LogP contribution in [0, 0.1) is 13.8 Å². The Bertz CT molecular complexity index is 645. The number of anilines is 1. The van der Waals surface area contributed by atoms with Gasteiger partial charge in [0.15, 0.2) is 0 Å². The first-order valence-corrected chi connectivity index (χ1v) is 5.94. The van der Waals surface area contributed by atoms with E-state index in [0.717, 1.165) is 22.6 Å². The van der Waals surface area contributed by atoms with Crippen LogP contribution in [0.2, 0.25) is 0 Å². The molecule has 0 spiro atoms. The standard InChI is InChI=1S/C15H14N2O/c1-9-7-11(16-10(9)2)8-13-12-5-3-4-6-14(12)17-15(13)18/h3-8,16H,1-2H3,(H,17,18)/b13-8-. The lowest BCUT2D eigenvalue weighted by atomic mass is 10.1. The van der Waals surface area contributed by atoms with E-state index in [1.807, 2.05) is 37.3 Å². The van der Waals surface area contributed by atoms with Crippen molar-refractivity contribution in [2.75, 3.05) is 5.32 Å². The summed E-state index contributed by atoms with van der Waals surface area (Å²) < 4.78 is 0. The van der Waals surface area contributed by atoms with E-state index >= 15 is 0 Å². The second-order valence-corrected chi connectivity index (χ2v) is 4.59. The summed E-state index contributed by atoms with van der Waals surface area (Å²) in [5.41, 5.74) is 5.86. The second kappa shape index (κ2) is 3.88. The number of aryl methyl sites for hydroxylation is 2. The molecule has 1 aliphatic rings. The number of para-hydroxylation sites is 1. The first kappa shape index (κ1) is 10.8. The number of hydrogen-bond acceptors (Lipinski definition) is 1. The van der Waals surface area contributed by atoms with E-state index in [4.69, 9.17) is 0 Å². The molecule has 3 heteroatoms. The molecule has 0 atom stereocenters. The fourth-order valence-corrected chi connectivity index (χ4v) is 2.21. The number of rotatable bonds is 1.